The van der Waals surface area contributed by atoms with Crippen molar-refractivity contribution in [3.8, 4) is 5.69 Å². The van der Waals surface area contributed by atoms with Crippen LogP contribution in [0.3, 0.4) is 0 Å². The first-order valence-electron chi connectivity index (χ1n) is 13.0. The number of carbonyl (C=O) groups is 1. The van der Waals surface area contributed by atoms with Gasteiger partial charge in [-0.15, -0.1) is 0 Å². The van der Waals surface area contributed by atoms with E-state index in [1.807, 2.05) is 75.5 Å². The monoisotopic (exact) mass is 557 g/mol. The summed E-state index contributed by atoms with van der Waals surface area (Å²) in [7, 11) is 0. The van der Waals surface area contributed by atoms with Crippen molar-refractivity contribution in [2.75, 3.05) is 10.2 Å². The highest BCUT2D eigenvalue weighted by Crippen LogP contribution is 2.44. The van der Waals surface area contributed by atoms with E-state index in [0.29, 0.717) is 10.1 Å². The predicted octanol–water partition coefficient (Wildman–Crippen LogP) is 7.22. The SMILES string of the molecule is Cc1cc(N2C(=S)NC(c3ccccn3)C2c2cc(C)n(-c3cccc(Cl)c3)c2C)ccc1NC(=O)C(C)C. The minimum Gasteiger partial charge on any atom is -0.351 e. The molecule has 5 rings (SSSR count). The second-order valence-electron chi connectivity index (χ2n) is 10.3. The molecule has 0 bridgehead atoms. The van der Waals surface area contributed by atoms with Crippen molar-refractivity contribution in [3.63, 3.8) is 0 Å². The van der Waals surface area contributed by atoms with Crippen LogP contribution in [0.4, 0.5) is 11.4 Å². The van der Waals surface area contributed by atoms with Crippen LogP contribution in [0.15, 0.2) is 72.9 Å². The Morgan fingerprint density at radius 1 is 1.03 bits per heavy atom. The Kier molecular flexibility index (Phi) is 7.47. The molecule has 3 heterocycles. The normalized spacial score (nSPS) is 17.0. The van der Waals surface area contributed by atoms with Gasteiger partial charge in [0, 0.05) is 45.6 Å². The predicted molar refractivity (Wildman–Crippen MR) is 163 cm³/mol. The Bertz CT molecular complexity index is 1550. The Morgan fingerprint density at radius 2 is 1.82 bits per heavy atom. The van der Waals surface area contributed by atoms with Crippen LogP contribution in [0, 0.1) is 26.7 Å². The standard InChI is InChI=1S/C31H32ClN5OS/c1-18(2)30(38)34-26-13-12-24(15-19(26)3)37-29(28(35-31(37)39)27-11-6-7-14-33-27)25-16-20(4)36(21(25)5)23-10-8-9-22(32)17-23/h6-18,28-29H,1-5H3,(H,34,38)(H,35,39). The summed E-state index contributed by atoms with van der Waals surface area (Å²) in [6, 6.07) is 21.8. The topological polar surface area (TPSA) is 62.2 Å². The van der Waals surface area contributed by atoms with E-state index < -0.39 is 0 Å². The molecule has 39 heavy (non-hydrogen) atoms. The lowest BCUT2D eigenvalue weighted by molar-refractivity contribution is -0.118. The number of hydrogen-bond donors (Lipinski definition) is 2. The lowest BCUT2D eigenvalue weighted by Gasteiger charge is -2.29. The summed E-state index contributed by atoms with van der Waals surface area (Å²) in [5.74, 6) is -0.108. The van der Waals surface area contributed by atoms with Crippen molar-refractivity contribution in [1.82, 2.24) is 14.9 Å². The van der Waals surface area contributed by atoms with E-state index in [9.17, 15) is 4.79 Å². The maximum Gasteiger partial charge on any atom is 0.226 e. The smallest absolute Gasteiger partial charge is 0.226 e. The van der Waals surface area contributed by atoms with E-state index >= 15 is 0 Å². The Hall–Kier alpha value is -3.68. The summed E-state index contributed by atoms with van der Waals surface area (Å²) in [4.78, 5) is 19.2. The molecule has 1 amide bonds. The van der Waals surface area contributed by atoms with Gasteiger partial charge in [0.05, 0.1) is 17.8 Å². The lowest BCUT2D eigenvalue weighted by Crippen LogP contribution is -2.29. The average Bonchev–Trinajstić information content (AvgIpc) is 3.40. The number of aryl methyl sites for hydroxylation is 2. The van der Waals surface area contributed by atoms with E-state index in [4.69, 9.17) is 23.8 Å². The molecule has 4 aromatic rings. The molecule has 2 N–H and O–H groups in total. The first-order valence-corrected chi connectivity index (χ1v) is 13.8. The second-order valence-corrected chi connectivity index (χ2v) is 11.1. The fraction of sp³-hybridized carbons (Fsp3) is 0.258. The van der Waals surface area contributed by atoms with Crippen LogP contribution in [0.25, 0.3) is 5.69 Å². The maximum atomic E-state index is 12.3. The van der Waals surface area contributed by atoms with Crippen LogP contribution in [-0.4, -0.2) is 20.6 Å². The summed E-state index contributed by atoms with van der Waals surface area (Å²) in [6.07, 6.45) is 1.81. The van der Waals surface area contributed by atoms with Gasteiger partial charge >= 0.3 is 0 Å². The number of benzene rings is 2. The number of hydrogen-bond acceptors (Lipinski definition) is 3. The third kappa shape index (κ3) is 5.16. The highest BCUT2D eigenvalue weighted by Gasteiger charge is 2.42. The number of halogens is 1. The molecule has 2 atom stereocenters. The Labute approximate surface area is 240 Å². The van der Waals surface area contributed by atoms with Gasteiger partial charge in [-0.05, 0) is 98.7 Å². The molecule has 2 unspecified atom stereocenters. The summed E-state index contributed by atoms with van der Waals surface area (Å²) >= 11 is 12.3. The molecular weight excluding hydrogens is 526 g/mol. The fourth-order valence-electron chi connectivity index (χ4n) is 5.26. The van der Waals surface area contributed by atoms with Crippen molar-refractivity contribution in [2.45, 2.75) is 46.7 Å². The number of nitrogens with zero attached hydrogens (tertiary/aromatic N) is 3. The molecule has 1 fully saturated rings. The minimum atomic E-state index is -0.160. The number of carbonyl (C=O) groups excluding carboxylic acids is 1. The van der Waals surface area contributed by atoms with Crippen LogP contribution in [-0.2, 0) is 4.79 Å². The largest absolute Gasteiger partial charge is 0.351 e. The van der Waals surface area contributed by atoms with Gasteiger partial charge in [0.25, 0.3) is 0 Å². The molecule has 1 aliphatic heterocycles. The number of amides is 1. The van der Waals surface area contributed by atoms with Gasteiger partial charge in [-0.25, -0.2) is 0 Å². The number of nitrogens with one attached hydrogen (secondary N) is 2. The van der Waals surface area contributed by atoms with Gasteiger partial charge in [0.1, 0.15) is 0 Å². The van der Waals surface area contributed by atoms with Crippen LogP contribution >= 0.6 is 23.8 Å². The zero-order valence-corrected chi connectivity index (χ0v) is 24.3. The van der Waals surface area contributed by atoms with Crippen LogP contribution < -0.4 is 15.5 Å². The third-order valence-corrected chi connectivity index (χ3v) is 7.77. The van der Waals surface area contributed by atoms with E-state index in [1.165, 1.54) is 0 Å². The highest BCUT2D eigenvalue weighted by atomic mass is 35.5. The van der Waals surface area contributed by atoms with Crippen LogP contribution in [0.1, 0.15) is 54.1 Å². The number of aromatic nitrogens is 2. The number of rotatable bonds is 6. The molecule has 0 spiro atoms. The van der Waals surface area contributed by atoms with Gasteiger partial charge < -0.3 is 20.1 Å². The highest BCUT2D eigenvalue weighted by molar-refractivity contribution is 7.80. The number of thiocarbonyl (C=S) groups is 1. The van der Waals surface area contributed by atoms with Gasteiger partial charge in [-0.1, -0.05) is 37.6 Å². The van der Waals surface area contributed by atoms with Gasteiger partial charge in [0.15, 0.2) is 5.11 Å². The zero-order chi connectivity index (χ0) is 27.8. The minimum absolute atomic E-state index is 0.00856. The van der Waals surface area contributed by atoms with Crippen molar-refractivity contribution in [2.24, 2.45) is 5.92 Å². The van der Waals surface area contributed by atoms with E-state index in [0.717, 1.165) is 45.3 Å². The van der Waals surface area contributed by atoms with Crippen LogP contribution in [0.5, 0.6) is 0 Å². The average molecular weight is 558 g/mol. The third-order valence-electron chi connectivity index (χ3n) is 7.22. The van der Waals surface area contributed by atoms with Crippen molar-refractivity contribution in [1.29, 1.82) is 0 Å². The molecule has 6 nitrogen and oxygen atoms in total. The molecule has 0 saturated carbocycles. The van der Waals surface area contributed by atoms with E-state index in [2.05, 4.69) is 57.1 Å². The van der Waals surface area contributed by atoms with E-state index in [-0.39, 0.29) is 23.9 Å². The van der Waals surface area contributed by atoms with E-state index in [1.54, 1.807) is 0 Å². The fourth-order valence-corrected chi connectivity index (χ4v) is 5.79. The molecule has 8 heteroatoms. The zero-order valence-electron chi connectivity index (χ0n) is 22.7. The number of anilines is 2. The summed E-state index contributed by atoms with van der Waals surface area (Å²) in [5, 5.41) is 7.90. The van der Waals surface area contributed by atoms with Gasteiger partial charge in [-0.2, -0.15) is 0 Å². The summed E-state index contributed by atoms with van der Waals surface area (Å²) in [6.45, 7) is 10.0. The Morgan fingerprint density at radius 3 is 2.49 bits per heavy atom. The van der Waals surface area contributed by atoms with Crippen molar-refractivity contribution in [3.05, 3.63) is 106 Å². The maximum absolute atomic E-state index is 12.3. The van der Waals surface area contributed by atoms with Crippen molar-refractivity contribution < 1.29 is 4.79 Å². The Balaban J connectivity index is 1.62. The van der Waals surface area contributed by atoms with Crippen molar-refractivity contribution >= 4 is 46.2 Å². The first kappa shape index (κ1) is 26.9. The first-order chi connectivity index (χ1) is 18.7. The molecule has 0 aliphatic carbocycles. The summed E-state index contributed by atoms with van der Waals surface area (Å²) < 4.78 is 2.23. The molecule has 0 radical (unpaired) electrons. The molecule has 2 aromatic heterocycles. The lowest BCUT2D eigenvalue weighted by atomic mass is 9.96. The molecule has 2 aromatic carbocycles. The molecule has 1 aliphatic rings. The van der Waals surface area contributed by atoms with Gasteiger partial charge in [-0.3, -0.25) is 9.78 Å². The summed E-state index contributed by atoms with van der Waals surface area (Å²) in [5.41, 5.74) is 7.99. The van der Waals surface area contributed by atoms with Gasteiger partial charge in [0.2, 0.25) is 5.91 Å². The number of pyridine rings is 1. The van der Waals surface area contributed by atoms with Crippen LogP contribution in [0.2, 0.25) is 5.02 Å². The molecule has 200 valence electrons. The second kappa shape index (κ2) is 10.8. The molecule has 1 saturated heterocycles. The quantitative estimate of drug-likeness (QED) is 0.245. The molecular formula is C31H32ClN5OS.